The van der Waals surface area contributed by atoms with E-state index in [-0.39, 0.29) is 17.5 Å². The molecule has 0 spiro atoms. The van der Waals surface area contributed by atoms with Crippen LogP contribution in [-0.4, -0.2) is 43.4 Å². The van der Waals surface area contributed by atoms with E-state index in [9.17, 15) is 9.18 Å². The molecule has 0 bridgehead atoms. The van der Waals surface area contributed by atoms with Crippen molar-refractivity contribution in [2.24, 2.45) is 0 Å². The standard InChI is InChI=1S/C24H22FN5OS/c1-29(15-19-7-9-21(25)10-8-19)22(31)17-32-24-28-27-23(20-11-13-26-14-12-20)30(24)16-18-5-3-2-4-6-18/h2-14H,15-17H2,1H3. The van der Waals surface area contributed by atoms with Crippen molar-refractivity contribution in [2.45, 2.75) is 18.2 Å². The number of rotatable bonds is 8. The lowest BCUT2D eigenvalue weighted by Gasteiger charge is -2.17. The van der Waals surface area contributed by atoms with Gasteiger partial charge in [-0.15, -0.1) is 10.2 Å². The third-order valence-corrected chi connectivity index (χ3v) is 5.87. The summed E-state index contributed by atoms with van der Waals surface area (Å²) in [5, 5.41) is 9.41. The average Bonchev–Trinajstić information content (AvgIpc) is 3.22. The lowest BCUT2D eigenvalue weighted by atomic mass is 10.2. The molecule has 2 heterocycles. The van der Waals surface area contributed by atoms with Crippen molar-refractivity contribution in [1.82, 2.24) is 24.6 Å². The van der Waals surface area contributed by atoms with Gasteiger partial charge >= 0.3 is 0 Å². The number of amides is 1. The predicted molar refractivity (Wildman–Crippen MR) is 122 cm³/mol. The average molecular weight is 448 g/mol. The van der Waals surface area contributed by atoms with Crippen LogP contribution >= 0.6 is 11.8 Å². The summed E-state index contributed by atoms with van der Waals surface area (Å²) >= 11 is 1.35. The molecule has 1 amide bonds. The van der Waals surface area contributed by atoms with E-state index < -0.39 is 0 Å². The Morgan fingerprint density at radius 2 is 1.69 bits per heavy atom. The Balaban J connectivity index is 1.49. The molecule has 6 nitrogen and oxygen atoms in total. The van der Waals surface area contributed by atoms with Gasteiger partial charge in [0.2, 0.25) is 5.91 Å². The Morgan fingerprint density at radius 3 is 2.41 bits per heavy atom. The van der Waals surface area contributed by atoms with Crippen LogP contribution in [0.15, 0.2) is 84.3 Å². The number of aromatic nitrogens is 4. The van der Waals surface area contributed by atoms with Crippen molar-refractivity contribution < 1.29 is 9.18 Å². The van der Waals surface area contributed by atoms with E-state index in [2.05, 4.69) is 15.2 Å². The second-order valence-electron chi connectivity index (χ2n) is 7.28. The molecule has 0 radical (unpaired) electrons. The molecule has 0 saturated heterocycles. The summed E-state index contributed by atoms with van der Waals surface area (Å²) in [5.41, 5.74) is 2.90. The van der Waals surface area contributed by atoms with E-state index in [1.54, 1.807) is 36.5 Å². The van der Waals surface area contributed by atoms with E-state index in [4.69, 9.17) is 0 Å². The molecule has 0 atom stereocenters. The van der Waals surface area contributed by atoms with Crippen LogP contribution in [0.3, 0.4) is 0 Å². The van der Waals surface area contributed by atoms with E-state index >= 15 is 0 Å². The van der Waals surface area contributed by atoms with Gasteiger partial charge in [0.15, 0.2) is 11.0 Å². The summed E-state index contributed by atoms with van der Waals surface area (Å²) in [6.07, 6.45) is 3.44. The summed E-state index contributed by atoms with van der Waals surface area (Å²) in [4.78, 5) is 18.4. The second kappa shape index (κ2) is 10.2. The molecule has 0 N–H and O–H groups in total. The normalized spacial score (nSPS) is 10.8. The fraction of sp³-hybridized carbons (Fsp3) is 0.167. The molecule has 0 fully saturated rings. The van der Waals surface area contributed by atoms with Crippen LogP contribution in [0.25, 0.3) is 11.4 Å². The van der Waals surface area contributed by atoms with Gasteiger partial charge in [-0.1, -0.05) is 54.2 Å². The first-order valence-corrected chi connectivity index (χ1v) is 11.1. The van der Waals surface area contributed by atoms with Crippen LogP contribution < -0.4 is 0 Å². The molecule has 32 heavy (non-hydrogen) atoms. The topological polar surface area (TPSA) is 63.9 Å². The largest absolute Gasteiger partial charge is 0.341 e. The van der Waals surface area contributed by atoms with Gasteiger partial charge in [-0.2, -0.15) is 0 Å². The molecule has 4 rings (SSSR count). The molecule has 0 aliphatic rings. The van der Waals surface area contributed by atoms with E-state index in [0.717, 1.165) is 22.5 Å². The first kappa shape index (κ1) is 21.7. The first-order chi connectivity index (χ1) is 15.6. The van der Waals surface area contributed by atoms with Gasteiger partial charge in [-0.05, 0) is 35.4 Å². The van der Waals surface area contributed by atoms with Crippen LogP contribution in [0.4, 0.5) is 4.39 Å². The summed E-state index contributed by atoms with van der Waals surface area (Å²) in [5.74, 6) is 0.618. The van der Waals surface area contributed by atoms with Crippen molar-refractivity contribution in [1.29, 1.82) is 0 Å². The fourth-order valence-corrected chi connectivity index (χ4v) is 4.09. The van der Waals surface area contributed by atoms with Gasteiger partial charge in [0, 0.05) is 31.5 Å². The number of halogens is 1. The van der Waals surface area contributed by atoms with Crippen LogP contribution in [0, 0.1) is 5.82 Å². The number of pyridine rings is 1. The third kappa shape index (κ3) is 5.39. The molecule has 162 valence electrons. The van der Waals surface area contributed by atoms with Gasteiger partial charge in [-0.3, -0.25) is 14.3 Å². The molecule has 0 unspecified atom stereocenters. The minimum Gasteiger partial charge on any atom is -0.341 e. The minimum atomic E-state index is -0.291. The molecular weight excluding hydrogens is 425 g/mol. The number of nitrogens with zero attached hydrogens (tertiary/aromatic N) is 5. The molecule has 8 heteroatoms. The fourth-order valence-electron chi connectivity index (χ4n) is 3.21. The van der Waals surface area contributed by atoms with Crippen LogP contribution in [0.1, 0.15) is 11.1 Å². The Bertz CT molecular complexity index is 1170. The van der Waals surface area contributed by atoms with Crippen molar-refractivity contribution in [3.63, 3.8) is 0 Å². The molecule has 2 aromatic carbocycles. The number of thioether (sulfide) groups is 1. The molecule has 0 aliphatic carbocycles. The van der Waals surface area contributed by atoms with Crippen LogP contribution in [-0.2, 0) is 17.9 Å². The van der Waals surface area contributed by atoms with Gasteiger partial charge in [0.05, 0.1) is 12.3 Å². The highest BCUT2D eigenvalue weighted by Crippen LogP contribution is 2.25. The molecule has 0 saturated carbocycles. The van der Waals surface area contributed by atoms with E-state index in [1.165, 1.54) is 23.9 Å². The zero-order valence-electron chi connectivity index (χ0n) is 17.6. The van der Waals surface area contributed by atoms with Gasteiger partial charge in [0.25, 0.3) is 0 Å². The monoisotopic (exact) mass is 447 g/mol. The van der Waals surface area contributed by atoms with Crippen molar-refractivity contribution in [3.05, 3.63) is 96.1 Å². The van der Waals surface area contributed by atoms with Crippen molar-refractivity contribution in [3.8, 4) is 11.4 Å². The maximum absolute atomic E-state index is 13.1. The lowest BCUT2D eigenvalue weighted by molar-refractivity contribution is -0.127. The predicted octanol–water partition coefficient (Wildman–Crippen LogP) is 4.28. The van der Waals surface area contributed by atoms with Gasteiger partial charge < -0.3 is 4.90 Å². The highest BCUT2D eigenvalue weighted by molar-refractivity contribution is 7.99. The quantitative estimate of drug-likeness (QED) is 0.377. The maximum atomic E-state index is 13.1. The number of hydrogen-bond donors (Lipinski definition) is 0. The number of benzene rings is 2. The van der Waals surface area contributed by atoms with Crippen molar-refractivity contribution in [2.75, 3.05) is 12.8 Å². The second-order valence-corrected chi connectivity index (χ2v) is 8.22. The number of hydrogen-bond acceptors (Lipinski definition) is 5. The molecule has 2 aromatic heterocycles. The zero-order chi connectivity index (χ0) is 22.3. The smallest absolute Gasteiger partial charge is 0.233 e. The lowest BCUT2D eigenvalue weighted by Crippen LogP contribution is -2.27. The summed E-state index contributed by atoms with van der Waals surface area (Å²) in [7, 11) is 1.74. The Hall–Kier alpha value is -3.52. The summed E-state index contributed by atoms with van der Waals surface area (Å²) in [6, 6.07) is 20.0. The summed E-state index contributed by atoms with van der Waals surface area (Å²) in [6.45, 7) is 1.01. The number of carbonyl (C=O) groups is 1. The third-order valence-electron chi connectivity index (χ3n) is 4.92. The van der Waals surface area contributed by atoms with Gasteiger partial charge in [-0.25, -0.2) is 4.39 Å². The van der Waals surface area contributed by atoms with E-state index in [1.807, 2.05) is 47.0 Å². The Kier molecular flexibility index (Phi) is 6.91. The van der Waals surface area contributed by atoms with Gasteiger partial charge in [0.1, 0.15) is 5.82 Å². The zero-order valence-corrected chi connectivity index (χ0v) is 18.4. The van der Waals surface area contributed by atoms with Crippen LogP contribution in [0.2, 0.25) is 0 Å². The molecular formula is C24H22FN5OS. The van der Waals surface area contributed by atoms with E-state index in [0.29, 0.717) is 18.2 Å². The molecule has 4 aromatic rings. The SMILES string of the molecule is CN(Cc1ccc(F)cc1)C(=O)CSc1nnc(-c2ccncc2)n1Cc1ccccc1. The maximum Gasteiger partial charge on any atom is 0.233 e. The molecule has 0 aliphatic heterocycles. The summed E-state index contributed by atoms with van der Waals surface area (Å²) < 4.78 is 15.1. The highest BCUT2D eigenvalue weighted by Gasteiger charge is 2.17. The van der Waals surface area contributed by atoms with Crippen LogP contribution in [0.5, 0.6) is 0 Å². The minimum absolute atomic E-state index is 0.0425. The number of carbonyl (C=O) groups excluding carboxylic acids is 1. The first-order valence-electron chi connectivity index (χ1n) is 10.1. The Labute approximate surface area is 190 Å². The van der Waals surface area contributed by atoms with Crippen molar-refractivity contribution >= 4 is 17.7 Å². The highest BCUT2D eigenvalue weighted by atomic mass is 32.2. The Morgan fingerprint density at radius 1 is 0.969 bits per heavy atom.